The van der Waals surface area contributed by atoms with Gasteiger partial charge in [0, 0.05) is 38.3 Å². The van der Waals surface area contributed by atoms with E-state index in [0.717, 1.165) is 13.1 Å². The maximum atomic E-state index is 12.8. The minimum absolute atomic E-state index is 0.0142. The topological polar surface area (TPSA) is 61.9 Å². The SMILES string of the molecule is Cc1cccc(N2CCN(C(=O)C[C@@H]3COc4ccccc4NC3=O)CC2)c1C. The Bertz CT molecular complexity index is 919. The van der Waals surface area contributed by atoms with E-state index >= 15 is 0 Å². The van der Waals surface area contributed by atoms with Crippen LogP contribution in [-0.2, 0) is 9.59 Å². The fourth-order valence-electron chi connectivity index (χ4n) is 3.96. The fourth-order valence-corrected chi connectivity index (χ4v) is 3.96. The highest BCUT2D eigenvalue weighted by Crippen LogP contribution is 2.29. The number of amides is 2. The van der Waals surface area contributed by atoms with Gasteiger partial charge in [0.05, 0.1) is 11.6 Å². The van der Waals surface area contributed by atoms with E-state index < -0.39 is 5.92 Å². The quantitative estimate of drug-likeness (QED) is 0.871. The largest absolute Gasteiger partial charge is 0.491 e. The van der Waals surface area contributed by atoms with E-state index in [1.54, 1.807) is 0 Å². The highest BCUT2D eigenvalue weighted by molar-refractivity contribution is 5.97. The normalized spacial score (nSPS) is 19.1. The van der Waals surface area contributed by atoms with Crippen molar-refractivity contribution < 1.29 is 14.3 Å². The molecule has 2 aliphatic rings. The number of carbonyl (C=O) groups excluding carboxylic acids is 2. The Kier molecular flexibility index (Phi) is 5.43. The van der Waals surface area contributed by atoms with E-state index in [1.165, 1.54) is 16.8 Å². The molecule has 2 aromatic carbocycles. The molecule has 152 valence electrons. The lowest BCUT2D eigenvalue weighted by atomic mass is 10.0. The molecule has 0 saturated carbocycles. The monoisotopic (exact) mass is 393 g/mol. The first-order chi connectivity index (χ1) is 14.0. The summed E-state index contributed by atoms with van der Waals surface area (Å²) >= 11 is 0. The van der Waals surface area contributed by atoms with Gasteiger partial charge < -0.3 is 19.9 Å². The van der Waals surface area contributed by atoms with Crippen LogP contribution >= 0.6 is 0 Å². The van der Waals surface area contributed by atoms with Crippen LogP contribution in [0.15, 0.2) is 42.5 Å². The summed E-state index contributed by atoms with van der Waals surface area (Å²) in [5.41, 5.74) is 4.47. The third-order valence-electron chi connectivity index (χ3n) is 5.93. The Hall–Kier alpha value is -3.02. The van der Waals surface area contributed by atoms with Crippen molar-refractivity contribution in [2.45, 2.75) is 20.3 Å². The average Bonchev–Trinajstić information content (AvgIpc) is 2.89. The van der Waals surface area contributed by atoms with Gasteiger partial charge in [-0.1, -0.05) is 24.3 Å². The fraction of sp³-hybridized carbons (Fsp3) is 0.391. The summed E-state index contributed by atoms with van der Waals surface area (Å²) < 4.78 is 5.76. The second-order valence-corrected chi connectivity index (χ2v) is 7.78. The van der Waals surface area contributed by atoms with Gasteiger partial charge in [-0.05, 0) is 43.2 Å². The van der Waals surface area contributed by atoms with Crippen LogP contribution in [0.3, 0.4) is 0 Å². The molecule has 29 heavy (non-hydrogen) atoms. The molecule has 1 atom stereocenters. The van der Waals surface area contributed by atoms with Crippen molar-refractivity contribution in [3.05, 3.63) is 53.6 Å². The number of anilines is 2. The van der Waals surface area contributed by atoms with Crippen molar-refractivity contribution in [3.8, 4) is 5.75 Å². The van der Waals surface area contributed by atoms with Gasteiger partial charge in [-0.15, -0.1) is 0 Å². The molecule has 2 heterocycles. The Morgan fingerprint density at radius 3 is 2.62 bits per heavy atom. The van der Waals surface area contributed by atoms with E-state index in [-0.39, 0.29) is 24.8 Å². The summed E-state index contributed by atoms with van der Waals surface area (Å²) in [6.45, 7) is 7.42. The van der Waals surface area contributed by atoms with E-state index in [2.05, 4.69) is 42.3 Å². The zero-order valence-corrected chi connectivity index (χ0v) is 17.0. The van der Waals surface area contributed by atoms with E-state index in [9.17, 15) is 9.59 Å². The summed E-state index contributed by atoms with van der Waals surface area (Å²) in [7, 11) is 0. The second kappa shape index (κ2) is 8.15. The van der Waals surface area contributed by atoms with Crippen LogP contribution in [0.25, 0.3) is 0 Å². The number of nitrogens with zero attached hydrogens (tertiary/aromatic N) is 2. The number of para-hydroxylation sites is 2. The summed E-state index contributed by atoms with van der Waals surface area (Å²) in [4.78, 5) is 29.6. The van der Waals surface area contributed by atoms with Gasteiger partial charge in [-0.25, -0.2) is 0 Å². The first kappa shape index (κ1) is 19.3. The summed E-state index contributed by atoms with van der Waals surface area (Å²) in [6.07, 6.45) is 0.170. The lowest BCUT2D eigenvalue weighted by Gasteiger charge is -2.37. The molecular weight excluding hydrogens is 366 g/mol. The van der Waals surface area contributed by atoms with Gasteiger partial charge in [-0.2, -0.15) is 0 Å². The lowest BCUT2D eigenvalue weighted by molar-refractivity contribution is -0.135. The molecule has 0 bridgehead atoms. The number of ether oxygens (including phenoxy) is 1. The molecule has 1 N–H and O–H groups in total. The summed E-state index contributed by atoms with van der Waals surface area (Å²) in [5, 5.41) is 2.88. The van der Waals surface area contributed by atoms with Crippen molar-refractivity contribution in [2.75, 3.05) is 43.0 Å². The number of hydrogen-bond donors (Lipinski definition) is 1. The summed E-state index contributed by atoms with van der Waals surface area (Å²) in [5.74, 6) is 0.0301. The second-order valence-electron chi connectivity index (χ2n) is 7.78. The summed E-state index contributed by atoms with van der Waals surface area (Å²) in [6, 6.07) is 13.7. The number of nitrogens with one attached hydrogen (secondary N) is 1. The van der Waals surface area contributed by atoms with Gasteiger partial charge in [0.25, 0.3) is 0 Å². The highest BCUT2D eigenvalue weighted by Gasteiger charge is 2.30. The molecular formula is C23H27N3O3. The van der Waals surface area contributed by atoms with Gasteiger partial charge in [-0.3, -0.25) is 9.59 Å². The number of piperazine rings is 1. The van der Waals surface area contributed by atoms with Crippen molar-refractivity contribution in [3.63, 3.8) is 0 Å². The molecule has 4 rings (SSSR count). The number of aryl methyl sites for hydroxylation is 1. The number of benzene rings is 2. The van der Waals surface area contributed by atoms with Crippen LogP contribution in [0.1, 0.15) is 17.5 Å². The van der Waals surface area contributed by atoms with Crippen LogP contribution in [-0.4, -0.2) is 49.5 Å². The molecule has 1 fully saturated rings. The van der Waals surface area contributed by atoms with Crippen LogP contribution in [0.5, 0.6) is 5.75 Å². The highest BCUT2D eigenvalue weighted by atomic mass is 16.5. The van der Waals surface area contributed by atoms with Gasteiger partial charge in [0.15, 0.2) is 0 Å². The van der Waals surface area contributed by atoms with Crippen molar-refractivity contribution >= 4 is 23.2 Å². The molecule has 2 aliphatic heterocycles. The van der Waals surface area contributed by atoms with Gasteiger partial charge >= 0.3 is 0 Å². The number of hydrogen-bond acceptors (Lipinski definition) is 4. The molecule has 0 aliphatic carbocycles. The Balaban J connectivity index is 1.34. The maximum absolute atomic E-state index is 12.8. The van der Waals surface area contributed by atoms with Gasteiger partial charge in [0.2, 0.25) is 11.8 Å². The number of carbonyl (C=O) groups is 2. The van der Waals surface area contributed by atoms with Crippen LogP contribution < -0.4 is 15.0 Å². The number of rotatable bonds is 3. The van der Waals surface area contributed by atoms with Gasteiger partial charge in [0.1, 0.15) is 12.4 Å². The molecule has 2 amide bonds. The Morgan fingerprint density at radius 2 is 1.83 bits per heavy atom. The standard InChI is InChI=1S/C23H27N3O3/c1-16-6-5-8-20(17(16)2)25-10-12-26(13-11-25)22(27)14-18-15-29-21-9-4-3-7-19(21)24-23(18)28/h3-9,18H,10-15H2,1-2H3,(H,24,28)/t18-/m1/s1. The van der Waals surface area contributed by atoms with Crippen LogP contribution in [0.4, 0.5) is 11.4 Å². The van der Waals surface area contributed by atoms with E-state index in [4.69, 9.17) is 4.74 Å². The zero-order chi connectivity index (χ0) is 20.4. The third kappa shape index (κ3) is 4.06. The Labute approximate surface area is 171 Å². The molecule has 6 heteroatoms. The predicted octanol–water partition coefficient (Wildman–Crippen LogP) is 2.99. The maximum Gasteiger partial charge on any atom is 0.231 e. The van der Waals surface area contributed by atoms with E-state index in [0.29, 0.717) is 24.5 Å². The molecule has 0 radical (unpaired) electrons. The first-order valence-corrected chi connectivity index (χ1v) is 10.1. The van der Waals surface area contributed by atoms with Crippen LogP contribution in [0, 0.1) is 19.8 Å². The minimum atomic E-state index is -0.480. The Morgan fingerprint density at radius 1 is 1.07 bits per heavy atom. The smallest absolute Gasteiger partial charge is 0.231 e. The molecule has 0 aromatic heterocycles. The minimum Gasteiger partial charge on any atom is -0.491 e. The zero-order valence-electron chi connectivity index (χ0n) is 17.0. The van der Waals surface area contributed by atoms with Crippen LogP contribution in [0.2, 0.25) is 0 Å². The van der Waals surface area contributed by atoms with E-state index in [1.807, 2.05) is 29.2 Å². The number of fused-ring (bicyclic) bond motifs is 1. The average molecular weight is 393 g/mol. The molecule has 1 saturated heterocycles. The predicted molar refractivity (Wildman–Crippen MR) is 113 cm³/mol. The third-order valence-corrected chi connectivity index (χ3v) is 5.93. The molecule has 0 spiro atoms. The molecule has 6 nitrogen and oxygen atoms in total. The van der Waals surface area contributed by atoms with Crippen molar-refractivity contribution in [2.24, 2.45) is 5.92 Å². The molecule has 0 unspecified atom stereocenters. The van der Waals surface area contributed by atoms with Crippen molar-refractivity contribution in [1.82, 2.24) is 4.90 Å². The lowest BCUT2D eigenvalue weighted by Crippen LogP contribution is -2.49. The first-order valence-electron chi connectivity index (χ1n) is 10.1. The van der Waals surface area contributed by atoms with Crippen molar-refractivity contribution in [1.29, 1.82) is 0 Å². The molecule has 2 aromatic rings.